The average molecular weight is 388 g/mol. The normalized spacial score (nSPS) is 12.2. The van der Waals surface area contributed by atoms with Gasteiger partial charge in [-0.2, -0.15) is 26.3 Å². The molecule has 26 heavy (non-hydrogen) atoms. The summed E-state index contributed by atoms with van der Waals surface area (Å²) < 4.78 is 88.1. The molecule has 0 aliphatic rings. The van der Waals surface area contributed by atoms with Gasteiger partial charge in [-0.05, 0) is 20.8 Å². The second-order valence-corrected chi connectivity index (χ2v) is 5.06. The van der Waals surface area contributed by atoms with Gasteiger partial charge in [0.2, 0.25) is 0 Å². The van der Waals surface area contributed by atoms with E-state index in [0.29, 0.717) is 0 Å². The molecule has 0 aliphatic carbocycles. The van der Waals surface area contributed by atoms with E-state index in [-0.39, 0.29) is 0 Å². The zero-order valence-corrected chi connectivity index (χ0v) is 13.5. The molecule has 0 spiro atoms. The van der Waals surface area contributed by atoms with Crippen molar-refractivity contribution in [3.63, 3.8) is 0 Å². The van der Waals surface area contributed by atoms with E-state index < -0.39 is 65.3 Å². The Bertz CT molecular complexity index is 711. The van der Waals surface area contributed by atoms with Gasteiger partial charge in [0, 0.05) is 0 Å². The first-order valence-electron chi connectivity index (χ1n) is 6.99. The van der Waals surface area contributed by atoms with Gasteiger partial charge in [0.15, 0.2) is 11.4 Å². The van der Waals surface area contributed by atoms with Crippen LogP contribution >= 0.6 is 0 Å². The molecular formula is C14H12F6NO5-. The molecule has 12 heteroatoms. The Balaban J connectivity index is 4.10. The number of hydrogen-bond acceptors (Lipinski definition) is 6. The molecular weight excluding hydrogens is 376 g/mol. The van der Waals surface area contributed by atoms with Crippen molar-refractivity contribution in [2.75, 3.05) is 6.61 Å². The molecule has 0 aromatic carbocycles. The molecule has 0 aliphatic heterocycles. The van der Waals surface area contributed by atoms with E-state index in [9.17, 15) is 41.0 Å². The number of esters is 1. The van der Waals surface area contributed by atoms with Crippen LogP contribution in [0.5, 0.6) is 5.75 Å². The van der Waals surface area contributed by atoms with Crippen molar-refractivity contribution >= 4 is 11.9 Å². The molecule has 0 amide bonds. The zero-order valence-electron chi connectivity index (χ0n) is 13.5. The van der Waals surface area contributed by atoms with Gasteiger partial charge in [0.05, 0.1) is 24.2 Å². The molecule has 1 aromatic rings. The highest BCUT2D eigenvalue weighted by Gasteiger charge is 2.47. The smallest absolute Gasteiger partial charge is 0.434 e. The van der Waals surface area contributed by atoms with Gasteiger partial charge in [-0.25, -0.2) is 9.78 Å². The summed E-state index contributed by atoms with van der Waals surface area (Å²) in [7, 11) is 0. The van der Waals surface area contributed by atoms with Crippen LogP contribution in [0, 0.1) is 0 Å². The van der Waals surface area contributed by atoms with E-state index in [1.165, 1.54) is 20.8 Å². The topological polar surface area (TPSA) is 88.5 Å². The van der Waals surface area contributed by atoms with E-state index in [1.807, 2.05) is 0 Å². The maximum atomic E-state index is 13.2. The number of halogens is 6. The number of alkyl halides is 6. The SMILES string of the molecule is CCOC(=O)c1c(C(F)(F)F)nc(C(F)(F)F)c(C(=O)[O-])c1OC(C)C. The van der Waals surface area contributed by atoms with Crippen LogP contribution in [0.15, 0.2) is 0 Å². The minimum absolute atomic E-state index is 0.432. The number of aromatic carboxylic acids is 1. The van der Waals surface area contributed by atoms with Gasteiger partial charge >= 0.3 is 18.3 Å². The maximum Gasteiger partial charge on any atom is 0.434 e. The van der Waals surface area contributed by atoms with Crippen LogP contribution in [-0.4, -0.2) is 29.6 Å². The lowest BCUT2D eigenvalue weighted by molar-refractivity contribution is -0.256. The lowest BCUT2D eigenvalue weighted by atomic mass is 10.0. The Morgan fingerprint density at radius 2 is 1.50 bits per heavy atom. The average Bonchev–Trinajstić information content (AvgIpc) is 2.43. The fourth-order valence-corrected chi connectivity index (χ4v) is 1.91. The van der Waals surface area contributed by atoms with Gasteiger partial charge in [0.1, 0.15) is 11.3 Å². The van der Waals surface area contributed by atoms with Crippen LogP contribution in [-0.2, 0) is 17.1 Å². The number of carboxylic acids is 1. The third-order valence-corrected chi connectivity index (χ3v) is 2.73. The highest BCUT2D eigenvalue weighted by molar-refractivity contribution is 6.00. The first-order valence-corrected chi connectivity index (χ1v) is 6.99. The fraction of sp³-hybridized carbons (Fsp3) is 0.500. The number of aromatic nitrogens is 1. The van der Waals surface area contributed by atoms with Crippen molar-refractivity contribution < 1.29 is 50.5 Å². The predicted molar refractivity (Wildman–Crippen MR) is 70.3 cm³/mol. The summed E-state index contributed by atoms with van der Waals surface area (Å²) in [4.78, 5) is 25.5. The highest BCUT2D eigenvalue weighted by Crippen LogP contribution is 2.42. The number of carbonyl (C=O) groups excluding carboxylic acids is 2. The van der Waals surface area contributed by atoms with Gasteiger partial charge in [-0.3, -0.25) is 0 Å². The molecule has 0 saturated heterocycles. The molecule has 0 N–H and O–H groups in total. The van der Waals surface area contributed by atoms with Gasteiger partial charge in [0.25, 0.3) is 0 Å². The third-order valence-electron chi connectivity index (χ3n) is 2.73. The van der Waals surface area contributed by atoms with Gasteiger partial charge < -0.3 is 19.4 Å². The van der Waals surface area contributed by atoms with E-state index >= 15 is 0 Å². The molecule has 6 nitrogen and oxygen atoms in total. The molecule has 0 radical (unpaired) electrons. The van der Waals surface area contributed by atoms with Crippen LogP contribution < -0.4 is 9.84 Å². The van der Waals surface area contributed by atoms with Crippen LogP contribution in [0.2, 0.25) is 0 Å². The summed E-state index contributed by atoms with van der Waals surface area (Å²) in [6, 6.07) is 0. The monoisotopic (exact) mass is 388 g/mol. The summed E-state index contributed by atoms with van der Waals surface area (Å²) in [6.07, 6.45) is -12.2. The van der Waals surface area contributed by atoms with E-state index in [2.05, 4.69) is 9.72 Å². The minimum Gasteiger partial charge on any atom is -0.545 e. The molecule has 0 bridgehead atoms. The van der Waals surface area contributed by atoms with E-state index in [1.54, 1.807) is 0 Å². The predicted octanol–water partition coefficient (Wildman–Crippen LogP) is 2.45. The lowest BCUT2D eigenvalue weighted by Gasteiger charge is -2.24. The zero-order chi connectivity index (χ0) is 20.4. The molecule has 0 unspecified atom stereocenters. The Morgan fingerprint density at radius 3 is 1.85 bits per heavy atom. The van der Waals surface area contributed by atoms with Crippen LogP contribution in [0.25, 0.3) is 0 Å². The Hall–Kier alpha value is -2.53. The number of carbonyl (C=O) groups is 2. The second kappa shape index (κ2) is 7.38. The number of ether oxygens (including phenoxy) is 2. The summed E-state index contributed by atoms with van der Waals surface area (Å²) in [5, 5.41) is 11.2. The first-order chi connectivity index (χ1) is 11.7. The van der Waals surface area contributed by atoms with Gasteiger partial charge in [-0.15, -0.1) is 0 Å². The second-order valence-electron chi connectivity index (χ2n) is 5.06. The molecule has 1 heterocycles. The lowest BCUT2D eigenvalue weighted by Crippen LogP contribution is -2.32. The quantitative estimate of drug-likeness (QED) is 0.569. The largest absolute Gasteiger partial charge is 0.545 e. The van der Waals surface area contributed by atoms with E-state index in [4.69, 9.17) is 4.74 Å². The molecule has 146 valence electrons. The highest BCUT2D eigenvalue weighted by atomic mass is 19.4. The van der Waals surface area contributed by atoms with Crippen molar-refractivity contribution in [1.82, 2.24) is 4.98 Å². The van der Waals surface area contributed by atoms with Crippen molar-refractivity contribution in [1.29, 1.82) is 0 Å². The molecule has 0 atom stereocenters. The number of hydrogen-bond donors (Lipinski definition) is 0. The van der Waals surface area contributed by atoms with Crippen LogP contribution in [0.1, 0.15) is 52.9 Å². The van der Waals surface area contributed by atoms with Crippen LogP contribution in [0.4, 0.5) is 26.3 Å². The van der Waals surface area contributed by atoms with Crippen LogP contribution in [0.3, 0.4) is 0 Å². The molecule has 0 fully saturated rings. The molecule has 1 aromatic heterocycles. The van der Waals surface area contributed by atoms with E-state index in [0.717, 1.165) is 0 Å². The summed E-state index contributed by atoms with van der Waals surface area (Å²) >= 11 is 0. The van der Waals surface area contributed by atoms with Gasteiger partial charge in [-0.1, -0.05) is 0 Å². The number of pyridine rings is 1. The van der Waals surface area contributed by atoms with Crippen molar-refractivity contribution in [3.8, 4) is 5.75 Å². The molecule has 1 rings (SSSR count). The number of nitrogens with zero attached hydrogens (tertiary/aromatic N) is 1. The third kappa shape index (κ3) is 4.55. The number of carboxylic acid groups (broad SMARTS) is 1. The van der Waals surface area contributed by atoms with Crippen molar-refractivity contribution in [2.24, 2.45) is 0 Å². The molecule has 0 saturated carbocycles. The van der Waals surface area contributed by atoms with Crippen molar-refractivity contribution in [2.45, 2.75) is 39.2 Å². The Kier molecular flexibility index (Phi) is 6.10. The summed E-state index contributed by atoms with van der Waals surface area (Å²) in [5.41, 5.74) is -8.06. The summed E-state index contributed by atoms with van der Waals surface area (Å²) in [5.74, 6) is -5.72. The van der Waals surface area contributed by atoms with Crippen molar-refractivity contribution in [3.05, 3.63) is 22.5 Å². The maximum absolute atomic E-state index is 13.2. The Morgan fingerprint density at radius 1 is 1.04 bits per heavy atom. The first kappa shape index (κ1) is 21.5. The number of rotatable bonds is 5. The fourth-order valence-electron chi connectivity index (χ4n) is 1.91. The standard InChI is InChI=1S/C14H13F6NO5/c1-4-25-12(24)7-8(26-5(2)3)6(11(22)23)9(13(15,16)17)21-10(7)14(18,19)20/h5H,4H2,1-3H3,(H,22,23)/p-1. The minimum atomic E-state index is -5.59. The summed E-state index contributed by atoms with van der Waals surface area (Å²) in [6.45, 7) is 3.20. The Labute approximate surface area is 142 Å².